The molecule has 0 aliphatic carbocycles. The molecule has 1 aromatic carbocycles. The van der Waals surface area contributed by atoms with Crippen LogP contribution in [0.15, 0.2) is 24.3 Å². The molecule has 18 heavy (non-hydrogen) atoms. The summed E-state index contributed by atoms with van der Waals surface area (Å²) >= 11 is 5.92. The number of nitrogens with zero attached hydrogens (tertiary/aromatic N) is 2. The molecule has 1 aromatic heterocycles. The molecule has 1 heterocycles. The molecule has 0 aliphatic heterocycles. The van der Waals surface area contributed by atoms with Gasteiger partial charge in [0.25, 0.3) is 0 Å². The minimum Gasteiger partial charge on any atom is -0.505 e. The Balaban J connectivity index is 2.53. The Bertz CT molecular complexity index is 587. The summed E-state index contributed by atoms with van der Waals surface area (Å²) in [5, 5.41) is 9.46. The van der Waals surface area contributed by atoms with Crippen LogP contribution in [0, 0.1) is 5.82 Å². The fourth-order valence-electron chi connectivity index (χ4n) is 1.51. The van der Waals surface area contributed by atoms with Crippen LogP contribution in [0.5, 0.6) is 5.75 Å². The first-order valence-electron chi connectivity index (χ1n) is 5.50. The Labute approximate surface area is 109 Å². The molecule has 1 N–H and O–H groups in total. The van der Waals surface area contributed by atoms with E-state index in [4.69, 9.17) is 16.7 Å². The van der Waals surface area contributed by atoms with E-state index in [-0.39, 0.29) is 5.92 Å². The number of phenolic OH excluding ortho intramolecular Hbond substituents is 1. The van der Waals surface area contributed by atoms with Gasteiger partial charge in [0.2, 0.25) is 0 Å². The summed E-state index contributed by atoms with van der Waals surface area (Å²) in [7, 11) is 0. The van der Waals surface area contributed by atoms with Crippen molar-refractivity contribution in [3.8, 4) is 17.1 Å². The van der Waals surface area contributed by atoms with Crippen LogP contribution in [0.2, 0.25) is 5.15 Å². The van der Waals surface area contributed by atoms with E-state index < -0.39 is 11.6 Å². The summed E-state index contributed by atoms with van der Waals surface area (Å²) in [6.45, 7) is 3.97. The van der Waals surface area contributed by atoms with E-state index in [1.54, 1.807) is 12.1 Å². The number of benzene rings is 1. The normalized spacial score (nSPS) is 10.9. The predicted molar refractivity (Wildman–Crippen MR) is 68.2 cm³/mol. The second kappa shape index (κ2) is 4.90. The maximum atomic E-state index is 13.3. The molecular weight excluding hydrogens is 255 g/mol. The predicted octanol–water partition coefficient (Wildman–Crippen LogP) is 3.77. The standard InChI is InChI=1S/C13H12ClFN2O/c1-7(2)10-6-12(14)17-13(16-10)8-3-4-11(18)9(15)5-8/h3-7,18H,1-2H3. The van der Waals surface area contributed by atoms with Gasteiger partial charge < -0.3 is 5.11 Å². The molecule has 2 rings (SSSR count). The molecule has 3 nitrogen and oxygen atoms in total. The number of hydrogen-bond donors (Lipinski definition) is 1. The van der Waals surface area contributed by atoms with Crippen LogP contribution in [-0.4, -0.2) is 15.1 Å². The number of phenols is 1. The van der Waals surface area contributed by atoms with Crippen molar-refractivity contribution >= 4 is 11.6 Å². The van der Waals surface area contributed by atoms with Crippen LogP contribution >= 0.6 is 11.6 Å². The number of hydrogen-bond acceptors (Lipinski definition) is 3. The average Bonchev–Trinajstić information content (AvgIpc) is 2.31. The molecule has 0 aliphatic rings. The van der Waals surface area contributed by atoms with Crippen molar-refractivity contribution in [1.82, 2.24) is 9.97 Å². The van der Waals surface area contributed by atoms with Crippen molar-refractivity contribution in [2.45, 2.75) is 19.8 Å². The van der Waals surface area contributed by atoms with Crippen LogP contribution in [0.3, 0.4) is 0 Å². The number of halogens is 2. The molecule has 0 saturated heterocycles. The van der Waals surface area contributed by atoms with Gasteiger partial charge in [0.1, 0.15) is 5.15 Å². The summed E-state index contributed by atoms with van der Waals surface area (Å²) < 4.78 is 13.3. The van der Waals surface area contributed by atoms with Crippen molar-refractivity contribution in [2.24, 2.45) is 0 Å². The fourth-order valence-corrected chi connectivity index (χ4v) is 1.70. The highest BCUT2D eigenvalue weighted by Crippen LogP contribution is 2.25. The Morgan fingerprint density at radius 2 is 1.94 bits per heavy atom. The van der Waals surface area contributed by atoms with Gasteiger partial charge in [0.15, 0.2) is 17.4 Å². The Morgan fingerprint density at radius 1 is 1.22 bits per heavy atom. The molecule has 0 saturated carbocycles. The first-order valence-corrected chi connectivity index (χ1v) is 5.88. The topological polar surface area (TPSA) is 46.0 Å². The summed E-state index contributed by atoms with van der Waals surface area (Å²) in [5.41, 5.74) is 1.27. The fraction of sp³-hybridized carbons (Fsp3) is 0.231. The number of rotatable bonds is 2. The summed E-state index contributed by atoms with van der Waals surface area (Å²) in [6, 6.07) is 5.69. The highest BCUT2D eigenvalue weighted by molar-refractivity contribution is 6.29. The Kier molecular flexibility index (Phi) is 3.48. The molecule has 5 heteroatoms. The molecule has 0 fully saturated rings. The minimum atomic E-state index is -0.706. The zero-order valence-electron chi connectivity index (χ0n) is 9.98. The van der Waals surface area contributed by atoms with Gasteiger partial charge in [-0.2, -0.15) is 0 Å². The van der Waals surface area contributed by atoms with Crippen molar-refractivity contribution < 1.29 is 9.50 Å². The number of aromatic nitrogens is 2. The van der Waals surface area contributed by atoms with Crippen LogP contribution in [-0.2, 0) is 0 Å². The monoisotopic (exact) mass is 266 g/mol. The zero-order chi connectivity index (χ0) is 13.3. The maximum absolute atomic E-state index is 13.3. The van der Waals surface area contributed by atoms with Crippen molar-refractivity contribution in [3.63, 3.8) is 0 Å². The third-order valence-electron chi connectivity index (χ3n) is 2.51. The quantitative estimate of drug-likeness (QED) is 0.842. The lowest BCUT2D eigenvalue weighted by Gasteiger charge is -2.08. The Morgan fingerprint density at radius 3 is 2.56 bits per heavy atom. The molecule has 0 spiro atoms. The van der Waals surface area contributed by atoms with E-state index in [1.165, 1.54) is 12.1 Å². The van der Waals surface area contributed by atoms with Gasteiger partial charge in [-0.1, -0.05) is 25.4 Å². The van der Waals surface area contributed by atoms with E-state index >= 15 is 0 Å². The molecule has 0 amide bonds. The molecular formula is C13H12ClFN2O. The minimum absolute atomic E-state index is 0.200. The van der Waals surface area contributed by atoms with E-state index in [0.29, 0.717) is 16.5 Å². The maximum Gasteiger partial charge on any atom is 0.165 e. The van der Waals surface area contributed by atoms with E-state index in [0.717, 1.165) is 5.69 Å². The largest absolute Gasteiger partial charge is 0.505 e. The molecule has 0 bridgehead atoms. The summed E-state index contributed by atoms with van der Waals surface area (Å²) in [6.07, 6.45) is 0. The van der Waals surface area contributed by atoms with Crippen LogP contribution in [0.1, 0.15) is 25.5 Å². The zero-order valence-corrected chi connectivity index (χ0v) is 10.7. The van der Waals surface area contributed by atoms with Gasteiger partial charge in [-0.25, -0.2) is 14.4 Å². The molecule has 2 aromatic rings. The number of aromatic hydroxyl groups is 1. The smallest absolute Gasteiger partial charge is 0.165 e. The lowest BCUT2D eigenvalue weighted by atomic mass is 10.1. The second-order valence-corrected chi connectivity index (χ2v) is 4.65. The van der Waals surface area contributed by atoms with Crippen LogP contribution in [0.4, 0.5) is 4.39 Å². The molecule has 0 atom stereocenters. The van der Waals surface area contributed by atoms with Gasteiger partial charge in [0.05, 0.1) is 0 Å². The third kappa shape index (κ3) is 2.59. The van der Waals surface area contributed by atoms with Crippen molar-refractivity contribution in [1.29, 1.82) is 0 Å². The molecule has 0 radical (unpaired) electrons. The summed E-state index contributed by atoms with van der Waals surface area (Å²) in [4.78, 5) is 8.39. The molecule has 0 unspecified atom stereocenters. The van der Waals surface area contributed by atoms with Gasteiger partial charge in [0, 0.05) is 11.3 Å². The van der Waals surface area contributed by atoms with E-state index in [9.17, 15) is 4.39 Å². The summed E-state index contributed by atoms with van der Waals surface area (Å²) in [5.74, 6) is -0.552. The van der Waals surface area contributed by atoms with Gasteiger partial charge in [-0.05, 0) is 30.2 Å². The van der Waals surface area contributed by atoms with Gasteiger partial charge in [-0.15, -0.1) is 0 Å². The van der Waals surface area contributed by atoms with Gasteiger partial charge >= 0.3 is 0 Å². The van der Waals surface area contributed by atoms with Crippen molar-refractivity contribution in [3.05, 3.63) is 40.9 Å². The lowest BCUT2D eigenvalue weighted by molar-refractivity contribution is 0.432. The van der Waals surface area contributed by atoms with Crippen molar-refractivity contribution in [2.75, 3.05) is 0 Å². The van der Waals surface area contributed by atoms with Crippen LogP contribution in [0.25, 0.3) is 11.4 Å². The Hall–Kier alpha value is -1.68. The first kappa shape index (κ1) is 12.8. The van der Waals surface area contributed by atoms with Gasteiger partial charge in [-0.3, -0.25) is 0 Å². The average molecular weight is 267 g/mol. The van der Waals surface area contributed by atoms with E-state index in [2.05, 4.69) is 9.97 Å². The molecule has 94 valence electrons. The lowest BCUT2D eigenvalue weighted by Crippen LogP contribution is -1.98. The highest BCUT2D eigenvalue weighted by Gasteiger charge is 2.10. The second-order valence-electron chi connectivity index (χ2n) is 4.26. The van der Waals surface area contributed by atoms with Crippen LogP contribution < -0.4 is 0 Å². The first-order chi connectivity index (χ1) is 8.47. The van der Waals surface area contributed by atoms with E-state index in [1.807, 2.05) is 13.8 Å². The SMILES string of the molecule is CC(C)c1cc(Cl)nc(-c2ccc(O)c(F)c2)n1. The third-order valence-corrected chi connectivity index (χ3v) is 2.71. The highest BCUT2D eigenvalue weighted by atomic mass is 35.5.